The third kappa shape index (κ3) is 8.14. The number of aromatic nitrogens is 1. The first-order chi connectivity index (χ1) is 23.5. The van der Waals surface area contributed by atoms with Gasteiger partial charge in [-0.05, 0) is 75.6 Å². The van der Waals surface area contributed by atoms with Gasteiger partial charge in [0.05, 0.1) is 31.2 Å². The number of nitrogens with zero attached hydrogens (tertiary/aromatic N) is 2. The maximum Gasteiger partial charge on any atom is 0.307 e. The topological polar surface area (TPSA) is 158 Å². The molecule has 6 atom stereocenters. The number of esters is 1. The Kier molecular flexibility index (Phi) is 10.7. The molecule has 2 amide bonds. The minimum atomic E-state index is -3.63. The van der Waals surface area contributed by atoms with E-state index in [9.17, 15) is 27.6 Å². The van der Waals surface area contributed by atoms with Crippen LogP contribution >= 0.6 is 0 Å². The molecule has 0 bridgehead atoms. The number of ether oxygens (including phenoxy) is 3. The SMILES string of the molecule is C=C[C@@H]1C[C@]1(NC(=O)[C@@H]1C[C@@H](Oc2nccc3cc(OC)ccc23)CN1C(=O)[C@@H](CC(=O)OC(C)(C)C)[C@H](C)CC)C(=O)CS(=O)(=O)C1CC1. The van der Waals surface area contributed by atoms with Gasteiger partial charge in [-0.25, -0.2) is 13.4 Å². The summed E-state index contributed by atoms with van der Waals surface area (Å²) in [5, 5.41) is 3.89. The number of nitrogens with one attached hydrogen (secondary N) is 1. The van der Waals surface area contributed by atoms with E-state index in [1.807, 2.05) is 32.0 Å². The third-order valence-corrected chi connectivity index (χ3v) is 12.2. The monoisotopic (exact) mass is 711 g/mol. The van der Waals surface area contributed by atoms with Crippen LogP contribution in [0.5, 0.6) is 11.6 Å². The number of Topliss-reactive ketones (excluding diaryl/α,β-unsaturated/α-hetero) is 1. The highest BCUT2D eigenvalue weighted by Crippen LogP contribution is 2.46. The Morgan fingerprint density at radius 3 is 2.50 bits per heavy atom. The Morgan fingerprint density at radius 2 is 1.90 bits per heavy atom. The molecule has 13 heteroatoms. The highest BCUT2D eigenvalue weighted by molar-refractivity contribution is 7.93. The predicted octanol–water partition coefficient (Wildman–Crippen LogP) is 4.19. The van der Waals surface area contributed by atoms with Crippen LogP contribution in [0.1, 0.15) is 73.1 Å². The minimum absolute atomic E-state index is 0.0221. The van der Waals surface area contributed by atoms with Gasteiger partial charge in [0.2, 0.25) is 17.7 Å². The third-order valence-electron chi connectivity index (χ3n) is 10.0. The Morgan fingerprint density at radius 1 is 1.18 bits per heavy atom. The first-order valence-corrected chi connectivity index (χ1v) is 19.0. The zero-order chi connectivity index (χ0) is 36.6. The van der Waals surface area contributed by atoms with Crippen LogP contribution in [-0.4, -0.2) is 89.8 Å². The van der Waals surface area contributed by atoms with Crippen molar-refractivity contribution >= 4 is 44.2 Å². The number of ketones is 1. The van der Waals surface area contributed by atoms with Gasteiger partial charge in [-0.15, -0.1) is 6.58 Å². The molecule has 3 aliphatic rings. The number of sulfone groups is 1. The molecule has 2 aliphatic carbocycles. The predicted molar refractivity (Wildman–Crippen MR) is 187 cm³/mol. The van der Waals surface area contributed by atoms with E-state index < -0.39 is 79.5 Å². The Bertz CT molecular complexity index is 1770. The van der Waals surface area contributed by atoms with Gasteiger partial charge in [-0.3, -0.25) is 19.2 Å². The van der Waals surface area contributed by atoms with E-state index >= 15 is 0 Å². The van der Waals surface area contributed by atoms with Crippen LogP contribution in [0.3, 0.4) is 0 Å². The molecule has 272 valence electrons. The molecule has 1 saturated heterocycles. The van der Waals surface area contributed by atoms with Crippen LogP contribution in [0.2, 0.25) is 0 Å². The summed E-state index contributed by atoms with van der Waals surface area (Å²) in [6, 6.07) is 6.22. The summed E-state index contributed by atoms with van der Waals surface area (Å²) < 4.78 is 42.8. The number of carbonyl (C=O) groups is 4. The number of carbonyl (C=O) groups excluding carboxylic acids is 4. The number of rotatable bonds is 15. The largest absolute Gasteiger partial charge is 0.497 e. The second kappa shape index (κ2) is 14.3. The van der Waals surface area contributed by atoms with Crippen LogP contribution < -0.4 is 14.8 Å². The molecule has 50 heavy (non-hydrogen) atoms. The molecule has 1 aromatic heterocycles. The Labute approximate surface area is 294 Å². The van der Waals surface area contributed by atoms with Crippen molar-refractivity contribution in [3.05, 3.63) is 43.1 Å². The van der Waals surface area contributed by atoms with Gasteiger partial charge < -0.3 is 24.4 Å². The van der Waals surface area contributed by atoms with Crippen molar-refractivity contribution in [2.75, 3.05) is 19.4 Å². The molecule has 2 aromatic rings. The van der Waals surface area contributed by atoms with Crippen molar-refractivity contribution in [2.45, 2.75) is 102 Å². The van der Waals surface area contributed by atoms with Crippen molar-refractivity contribution in [1.82, 2.24) is 15.2 Å². The fourth-order valence-corrected chi connectivity index (χ4v) is 8.45. The van der Waals surface area contributed by atoms with Gasteiger partial charge in [-0.2, -0.15) is 0 Å². The second-order valence-corrected chi connectivity index (χ2v) is 17.2. The van der Waals surface area contributed by atoms with Gasteiger partial charge in [0.1, 0.15) is 34.8 Å². The number of hydrogen-bond acceptors (Lipinski definition) is 10. The molecular weight excluding hydrogens is 662 g/mol. The minimum Gasteiger partial charge on any atom is -0.497 e. The fourth-order valence-electron chi connectivity index (χ4n) is 6.74. The lowest BCUT2D eigenvalue weighted by molar-refractivity contribution is -0.159. The van der Waals surface area contributed by atoms with Gasteiger partial charge in [0.15, 0.2) is 15.6 Å². The summed E-state index contributed by atoms with van der Waals surface area (Å²) in [4.78, 5) is 61.1. The quantitative estimate of drug-likeness (QED) is 0.210. The molecule has 3 fully saturated rings. The molecule has 1 N–H and O–H groups in total. The molecule has 1 aromatic carbocycles. The number of methoxy groups -OCH3 is 1. The van der Waals surface area contributed by atoms with Crippen molar-refractivity contribution < 1.29 is 41.8 Å². The lowest BCUT2D eigenvalue weighted by Gasteiger charge is -2.31. The number of pyridine rings is 1. The summed E-state index contributed by atoms with van der Waals surface area (Å²) in [7, 11) is -2.06. The smallest absolute Gasteiger partial charge is 0.307 e. The average Bonchev–Trinajstić information content (AvgIpc) is 3.98. The summed E-state index contributed by atoms with van der Waals surface area (Å²) in [5.41, 5.74) is -2.16. The number of likely N-dealkylation sites (tertiary alicyclic amines) is 1. The zero-order valence-corrected chi connectivity index (χ0v) is 30.6. The van der Waals surface area contributed by atoms with E-state index in [2.05, 4.69) is 16.9 Å². The fraction of sp³-hybridized carbons (Fsp3) is 0.595. The van der Waals surface area contributed by atoms with Crippen molar-refractivity contribution in [1.29, 1.82) is 0 Å². The van der Waals surface area contributed by atoms with Gasteiger partial charge in [0.25, 0.3) is 0 Å². The summed E-state index contributed by atoms with van der Waals surface area (Å²) >= 11 is 0. The maximum absolute atomic E-state index is 14.4. The average molecular weight is 712 g/mol. The molecule has 2 saturated carbocycles. The molecule has 5 rings (SSSR count). The normalized spacial score (nSPS) is 24.6. The first kappa shape index (κ1) is 37.3. The van der Waals surface area contributed by atoms with E-state index in [-0.39, 0.29) is 31.7 Å². The Hall–Kier alpha value is -4.00. The Balaban J connectivity index is 1.44. The first-order valence-electron chi connectivity index (χ1n) is 17.3. The number of amides is 2. The molecule has 0 spiro atoms. The molecular formula is C37H49N3O9S. The molecule has 0 radical (unpaired) electrons. The van der Waals surface area contributed by atoms with Gasteiger partial charge in [0, 0.05) is 23.9 Å². The van der Waals surface area contributed by atoms with E-state index in [1.54, 1.807) is 46.2 Å². The molecule has 1 aliphatic heterocycles. The lowest BCUT2D eigenvalue weighted by atomic mass is 9.87. The van der Waals surface area contributed by atoms with Crippen LogP contribution in [0.25, 0.3) is 10.8 Å². The summed E-state index contributed by atoms with van der Waals surface area (Å²) in [6.07, 6.45) is 4.27. The zero-order valence-electron chi connectivity index (χ0n) is 29.8. The van der Waals surface area contributed by atoms with Crippen LogP contribution in [0.4, 0.5) is 0 Å². The number of hydrogen-bond donors (Lipinski definition) is 1. The van der Waals surface area contributed by atoms with Gasteiger partial charge >= 0.3 is 5.97 Å². The molecule has 12 nitrogen and oxygen atoms in total. The van der Waals surface area contributed by atoms with Crippen LogP contribution in [-0.2, 0) is 33.8 Å². The second-order valence-electron chi connectivity index (χ2n) is 14.9. The molecule has 2 heterocycles. The van der Waals surface area contributed by atoms with E-state index in [4.69, 9.17) is 14.2 Å². The lowest BCUT2D eigenvalue weighted by Crippen LogP contribution is -2.55. The highest BCUT2D eigenvalue weighted by Gasteiger charge is 2.61. The van der Waals surface area contributed by atoms with Crippen LogP contribution in [0, 0.1) is 17.8 Å². The van der Waals surface area contributed by atoms with Crippen LogP contribution in [0.15, 0.2) is 43.1 Å². The highest BCUT2D eigenvalue weighted by atomic mass is 32.2. The van der Waals surface area contributed by atoms with Crippen molar-refractivity contribution in [3.8, 4) is 11.6 Å². The number of fused-ring (bicyclic) bond motifs is 1. The van der Waals surface area contributed by atoms with Crippen molar-refractivity contribution in [3.63, 3.8) is 0 Å². The van der Waals surface area contributed by atoms with Crippen molar-refractivity contribution in [2.24, 2.45) is 17.8 Å². The van der Waals surface area contributed by atoms with E-state index in [1.165, 1.54) is 4.90 Å². The summed E-state index contributed by atoms with van der Waals surface area (Å²) in [6.45, 7) is 12.9. The summed E-state index contributed by atoms with van der Waals surface area (Å²) in [5.74, 6) is -3.22. The van der Waals surface area contributed by atoms with E-state index in [0.29, 0.717) is 30.9 Å². The number of benzene rings is 1. The molecule has 0 unspecified atom stereocenters. The van der Waals surface area contributed by atoms with E-state index in [0.717, 1.165) is 10.8 Å². The van der Waals surface area contributed by atoms with Gasteiger partial charge in [-0.1, -0.05) is 26.3 Å². The maximum atomic E-state index is 14.4. The standard InChI is InChI=1S/C37H49N3O9S/c1-8-22(3)29(18-32(42)49-36(4,5)6)35(44)40-20-26(48-34-28-13-10-25(47-7)16-23(28)14-15-38-34)17-30(40)33(43)39-37(19-24(37)9-2)31(41)21-50(45,46)27-11-12-27/h9-10,13-16,22,24,26-27,29-30H,2,8,11-12,17-21H2,1,3-7H3,(H,39,43)/t22-,24-,26-,29+,30+,37-/m1/s1.